The molecule has 3 N–H and O–H groups in total. The summed E-state index contributed by atoms with van der Waals surface area (Å²) < 4.78 is 5.40. The summed E-state index contributed by atoms with van der Waals surface area (Å²) in [6.07, 6.45) is 3.81. The van der Waals surface area contributed by atoms with E-state index in [0.717, 1.165) is 38.9 Å². The largest absolute Gasteiger partial charge is 0.497 e. The summed E-state index contributed by atoms with van der Waals surface area (Å²) in [7, 11) is 1.64. The van der Waals surface area contributed by atoms with Crippen molar-refractivity contribution in [2.24, 2.45) is 11.7 Å². The van der Waals surface area contributed by atoms with Crippen LogP contribution in [0.3, 0.4) is 0 Å². The Morgan fingerprint density at radius 2 is 1.77 bits per heavy atom. The predicted molar refractivity (Wildman–Crippen MR) is 156 cm³/mol. The summed E-state index contributed by atoms with van der Waals surface area (Å²) in [5.74, 6) is 0.921. The fourth-order valence-electron chi connectivity index (χ4n) is 4.31. The molecule has 7 nitrogen and oxygen atoms in total. The number of nitrogens with zero attached hydrogens (tertiary/aromatic N) is 3. The average molecular weight is 558 g/mol. The van der Waals surface area contributed by atoms with Crippen molar-refractivity contribution >= 4 is 45.8 Å². The van der Waals surface area contributed by atoms with Crippen LogP contribution in [0.2, 0.25) is 10.0 Å². The van der Waals surface area contributed by atoms with Crippen LogP contribution in [0.5, 0.6) is 5.75 Å². The molecule has 1 amide bonds. The minimum Gasteiger partial charge on any atom is -0.497 e. The third-order valence-corrected chi connectivity index (χ3v) is 7.14. The van der Waals surface area contributed by atoms with E-state index in [2.05, 4.69) is 10.3 Å². The Hall–Kier alpha value is -4.20. The second-order valence-corrected chi connectivity index (χ2v) is 9.85. The minimum absolute atomic E-state index is 0.261. The number of nitrogens with two attached hydrogens (primary N) is 1. The van der Waals surface area contributed by atoms with E-state index >= 15 is 0 Å². The van der Waals surface area contributed by atoms with Gasteiger partial charge in [0, 0.05) is 29.9 Å². The van der Waals surface area contributed by atoms with E-state index in [9.17, 15) is 4.79 Å². The molecule has 0 bridgehead atoms. The molecule has 9 heteroatoms. The molecule has 3 aromatic carbocycles. The van der Waals surface area contributed by atoms with Gasteiger partial charge in [-0.15, -0.1) is 0 Å². The number of carbonyl (C=O) groups excluding carboxylic acids is 1. The van der Waals surface area contributed by atoms with E-state index < -0.39 is 11.8 Å². The number of carbonyl (C=O) groups is 1. The number of rotatable bonds is 9. The Morgan fingerprint density at radius 1 is 0.949 bits per heavy atom. The molecule has 196 valence electrons. The number of halogens is 2. The van der Waals surface area contributed by atoms with E-state index in [1.807, 2.05) is 60.7 Å². The number of methoxy groups -OCH3 is 1. The normalized spacial score (nSPS) is 11.8. The Kier molecular flexibility index (Phi) is 7.91. The summed E-state index contributed by atoms with van der Waals surface area (Å²) in [6, 6.07) is 22.9. The molecule has 2 aromatic heterocycles. The molecule has 5 aromatic rings. The van der Waals surface area contributed by atoms with E-state index in [-0.39, 0.29) is 6.54 Å². The topological polar surface area (TPSA) is 103 Å². The van der Waals surface area contributed by atoms with E-state index in [1.54, 1.807) is 31.6 Å². The highest BCUT2D eigenvalue weighted by Crippen LogP contribution is 2.31. The maximum Gasteiger partial charge on any atom is 0.222 e. The number of aromatic nitrogens is 3. The van der Waals surface area contributed by atoms with Gasteiger partial charge in [-0.1, -0.05) is 47.5 Å². The highest BCUT2D eigenvalue weighted by atomic mass is 35.5. The lowest BCUT2D eigenvalue weighted by Gasteiger charge is -2.17. The number of primary amides is 1. The third-order valence-electron chi connectivity index (χ3n) is 6.40. The van der Waals surface area contributed by atoms with Crippen molar-refractivity contribution in [3.8, 4) is 28.3 Å². The number of ether oxygens (including phenoxy) is 1. The zero-order valence-electron chi connectivity index (χ0n) is 21.1. The SMILES string of the molecule is COc1cccc(-c2ccc3nc(-c4cccnc4)nc(NCC(Cc4ccc(Cl)c(Cl)c4)C(N)=O)c3c2)c1. The van der Waals surface area contributed by atoms with Crippen molar-refractivity contribution in [1.82, 2.24) is 15.0 Å². The standard InChI is InChI=1S/C30H25Cl2N5O2/c1-39-23-6-2-4-19(14-23)20-8-10-27-24(15-20)30(37-29(36-27)21-5-3-11-34-16-21)35-17-22(28(33)38)12-18-7-9-25(31)26(32)13-18/h2-11,13-16,22H,12,17H2,1H3,(H2,33,38)(H,35,36,37). The van der Waals surface area contributed by atoms with E-state index in [0.29, 0.717) is 28.1 Å². The fraction of sp³-hybridized carbons (Fsp3) is 0.133. The van der Waals surface area contributed by atoms with E-state index in [1.165, 1.54) is 0 Å². The van der Waals surface area contributed by atoms with Gasteiger partial charge in [-0.25, -0.2) is 9.97 Å². The van der Waals surface area contributed by atoms with Gasteiger partial charge >= 0.3 is 0 Å². The van der Waals surface area contributed by atoms with Crippen molar-refractivity contribution in [1.29, 1.82) is 0 Å². The molecule has 0 saturated carbocycles. The van der Waals surface area contributed by atoms with Gasteiger partial charge in [-0.2, -0.15) is 0 Å². The summed E-state index contributed by atoms with van der Waals surface area (Å²) in [4.78, 5) is 26.2. The molecule has 0 radical (unpaired) electrons. The minimum atomic E-state index is -0.518. The highest BCUT2D eigenvalue weighted by molar-refractivity contribution is 6.42. The molecule has 0 fully saturated rings. The summed E-state index contributed by atoms with van der Waals surface area (Å²) in [5, 5.41) is 5.06. The lowest BCUT2D eigenvalue weighted by molar-refractivity contribution is -0.121. The number of fused-ring (bicyclic) bond motifs is 1. The number of anilines is 1. The molecule has 0 spiro atoms. The van der Waals surface area contributed by atoms with Crippen LogP contribution in [0.4, 0.5) is 5.82 Å². The van der Waals surface area contributed by atoms with Crippen LogP contribution in [-0.2, 0) is 11.2 Å². The first-order valence-corrected chi connectivity index (χ1v) is 13.0. The summed E-state index contributed by atoms with van der Waals surface area (Å²) >= 11 is 12.2. The Balaban J connectivity index is 1.52. The molecule has 0 aliphatic carbocycles. The molecule has 0 aliphatic heterocycles. The smallest absolute Gasteiger partial charge is 0.222 e. The van der Waals surface area contributed by atoms with Crippen molar-refractivity contribution in [3.05, 3.63) is 101 Å². The Bertz CT molecular complexity index is 1650. The Morgan fingerprint density at radius 3 is 2.51 bits per heavy atom. The van der Waals surface area contributed by atoms with E-state index in [4.69, 9.17) is 43.6 Å². The second-order valence-electron chi connectivity index (χ2n) is 9.03. The van der Waals surface area contributed by atoms with Crippen LogP contribution in [0.15, 0.2) is 85.2 Å². The lowest BCUT2D eigenvalue weighted by Crippen LogP contribution is -2.31. The quantitative estimate of drug-likeness (QED) is 0.216. The first-order chi connectivity index (χ1) is 18.9. The number of benzene rings is 3. The van der Waals surface area contributed by atoms with Crippen molar-refractivity contribution in [2.45, 2.75) is 6.42 Å². The van der Waals surface area contributed by atoms with Gasteiger partial charge in [0.05, 0.1) is 28.6 Å². The van der Waals surface area contributed by atoms with Crippen LogP contribution in [-0.4, -0.2) is 34.5 Å². The molecular formula is C30H25Cl2N5O2. The second kappa shape index (κ2) is 11.7. The molecule has 39 heavy (non-hydrogen) atoms. The molecule has 0 aliphatic rings. The summed E-state index contributed by atoms with van der Waals surface area (Å²) in [5.41, 5.74) is 10.1. The van der Waals surface area contributed by atoms with Gasteiger partial charge in [-0.3, -0.25) is 9.78 Å². The number of hydrogen-bond acceptors (Lipinski definition) is 6. The lowest BCUT2D eigenvalue weighted by atomic mass is 9.98. The maximum atomic E-state index is 12.4. The fourth-order valence-corrected chi connectivity index (χ4v) is 4.63. The summed E-state index contributed by atoms with van der Waals surface area (Å²) in [6.45, 7) is 0.261. The van der Waals surface area contributed by atoms with Gasteiger partial charge in [0.15, 0.2) is 5.82 Å². The number of amides is 1. The molecule has 0 saturated heterocycles. The number of pyridine rings is 1. The molecular weight excluding hydrogens is 533 g/mol. The highest BCUT2D eigenvalue weighted by Gasteiger charge is 2.19. The maximum absolute atomic E-state index is 12.4. The van der Waals surface area contributed by atoms with Crippen LogP contribution in [0, 0.1) is 5.92 Å². The van der Waals surface area contributed by atoms with Crippen LogP contribution < -0.4 is 15.8 Å². The predicted octanol–water partition coefficient (Wildman–Crippen LogP) is 6.43. The van der Waals surface area contributed by atoms with Gasteiger partial charge in [0.1, 0.15) is 11.6 Å². The zero-order valence-corrected chi connectivity index (χ0v) is 22.6. The van der Waals surface area contributed by atoms with Crippen molar-refractivity contribution in [3.63, 3.8) is 0 Å². The van der Waals surface area contributed by atoms with Gasteiger partial charge in [0.25, 0.3) is 0 Å². The van der Waals surface area contributed by atoms with Crippen molar-refractivity contribution in [2.75, 3.05) is 19.0 Å². The zero-order chi connectivity index (χ0) is 27.4. The van der Waals surface area contributed by atoms with Crippen LogP contribution in [0.1, 0.15) is 5.56 Å². The number of nitrogens with one attached hydrogen (secondary N) is 1. The van der Waals surface area contributed by atoms with Crippen molar-refractivity contribution < 1.29 is 9.53 Å². The van der Waals surface area contributed by atoms with Crippen LogP contribution >= 0.6 is 23.2 Å². The Labute approximate surface area is 236 Å². The first kappa shape index (κ1) is 26.4. The van der Waals surface area contributed by atoms with Gasteiger partial charge in [-0.05, 0) is 71.6 Å². The third kappa shape index (κ3) is 6.11. The van der Waals surface area contributed by atoms with Crippen LogP contribution in [0.25, 0.3) is 33.4 Å². The molecule has 1 unspecified atom stereocenters. The number of hydrogen-bond donors (Lipinski definition) is 2. The monoisotopic (exact) mass is 557 g/mol. The molecule has 5 rings (SSSR count). The average Bonchev–Trinajstić information content (AvgIpc) is 2.96. The first-order valence-electron chi connectivity index (χ1n) is 12.2. The van der Waals surface area contributed by atoms with Gasteiger partial charge < -0.3 is 15.8 Å². The van der Waals surface area contributed by atoms with Gasteiger partial charge in [0.2, 0.25) is 5.91 Å². The molecule has 2 heterocycles. The molecule has 1 atom stereocenters.